The Morgan fingerprint density at radius 2 is 0.500 bits per heavy atom. The van der Waals surface area contributed by atoms with E-state index in [0.29, 0.717) is 0 Å². The summed E-state index contributed by atoms with van der Waals surface area (Å²) >= 11 is 0. The van der Waals surface area contributed by atoms with Crippen molar-refractivity contribution in [2.24, 2.45) is 0 Å². The minimum absolute atomic E-state index is 0. The van der Waals surface area contributed by atoms with Crippen molar-refractivity contribution in [2.45, 2.75) is 0 Å². The van der Waals surface area contributed by atoms with Gasteiger partial charge in [-0.1, -0.05) is 0 Å². The Bertz CT molecular complexity index is 3.25. The van der Waals surface area contributed by atoms with E-state index in [1.165, 1.54) is 0 Å². The van der Waals surface area contributed by atoms with Crippen LogP contribution in [0.15, 0.2) is 0 Å². The molecule has 0 aliphatic rings. The average Bonchev–Trinajstić information content (AvgIpc) is 0. The van der Waals surface area contributed by atoms with Crippen molar-refractivity contribution in [3.05, 3.63) is 0 Å². The maximum atomic E-state index is 0. The van der Waals surface area contributed by atoms with Gasteiger partial charge in [0.15, 0.2) is 0 Å². The second-order valence-electron chi connectivity index (χ2n) is 0. The van der Waals surface area contributed by atoms with Gasteiger partial charge in [0.2, 0.25) is 0 Å². The van der Waals surface area contributed by atoms with Gasteiger partial charge in [-0.25, -0.2) is 0 Å². The second kappa shape index (κ2) is 16.5. The number of rotatable bonds is 0. The van der Waals surface area contributed by atoms with E-state index in [0.717, 1.165) is 0 Å². The first-order valence-electron chi connectivity index (χ1n) is 0. The Morgan fingerprint density at radius 1 is 0.500 bits per heavy atom. The van der Waals surface area contributed by atoms with Crippen LogP contribution < -0.4 is 0 Å². The number of hydrogen-bond donors (Lipinski definition) is 0. The molecule has 0 aromatic rings. The molecule has 0 fully saturated rings. The van der Waals surface area contributed by atoms with Crippen molar-refractivity contribution in [1.29, 1.82) is 0 Å². The monoisotopic (exact) mass is 453 g/mol. The summed E-state index contributed by atoms with van der Waals surface area (Å²) in [6.07, 6.45) is 0. The van der Waals surface area contributed by atoms with Crippen molar-refractivity contribution in [3.8, 4) is 0 Å². The van der Waals surface area contributed by atoms with E-state index in [2.05, 4.69) is 0 Å². The Morgan fingerprint density at radius 3 is 0.500 bits per heavy atom. The van der Waals surface area contributed by atoms with Gasteiger partial charge >= 0.3 is 0 Å². The van der Waals surface area contributed by atoms with E-state index in [9.17, 15) is 0 Å². The van der Waals surface area contributed by atoms with Gasteiger partial charge in [-0.2, -0.15) is 0 Å². The van der Waals surface area contributed by atoms with E-state index < -0.39 is 0 Å². The van der Waals surface area contributed by atoms with Crippen LogP contribution in [0.4, 0.5) is 0 Å². The summed E-state index contributed by atoms with van der Waals surface area (Å²) in [5, 5.41) is 0. The maximum absolute atomic E-state index is 0. The smallest absolute Gasteiger partial charge is 0 e. The van der Waals surface area contributed by atoms with E-state index in [1.807, 2.05) is 0 Å². The fraction of sp³-hybridized carbons (Fsp3) is 0. The van der Waals surface area contributed by atoms with Crippen molar-refractivity contribution in [1.82, 2.24) is 0 Å². The Hall–Kier alpha value is 3.14. The topological polar surface area (TPSA) is 0 Å². The van der Waals surface area contributed by atoms with Gasteiger partial charge in [-0.3, -0.25) is 0 Å². The molecule has 0 amide bonds. The van der Waals surface area contributed by atoms with E-state index in [4.69, 9.17) is 0 Å². The van der Waals surface area contributed by atoms with Crippen molar-refractivity contribution < 1.29 is 22.4 Å². The van der Waals surface area contributed by atoms with Crippen LogP contribution >= 0.6 is 0 Å². The summed E-state index contributed by atoms with van der Waals surface area (Å²) in [5.41, 5.74) is 0. The summed E-state index contributed by atoms with van der Waals surface area (Å²) in [4.78, 5) is 0. The van der Waals surface area contributed by atoms with Gasteiger partial charge in [0.05, 0.1) is 0 Å². The molecule has 0 bridgehead atoms. The molecular formula is NbSn3. The van der Waals surface area contributed by atoms with Gasteiger partial charge < -0.3 is 0 Å². The third-order valence-electron chi connectivity index (χ3n) is 0. The van der Waals surface area contributed by atoms with Gasteiger partial charge in [-0.05, 0) is 0 Å². The van der Waals surface area contributed by atoms with Crippen molar-refractivity contribution in [2.75, 3.05) is 0 Å². The molecule has 0 saturated carbocycles. The number of hydrogen-bond acceptors (Lipinski definition) is 0. The summed E-state index contributed by atoms with van der Waals surface area (Å²) in [6.45, 7) is 0. The molecule has 0 spiro atoms. The van der Waals surface area contributed by atoms with Crippen LogP contribution in [-0.2, 0) is 22.4 Å². The predicted octanol–water partition coefficient (Wildman–Crippen LogP) is -1.14. The summed E-state index contributed by atoms with van der Waals surface area (Å²) in [6, 6.07) is 0. The third kappa shape index (κ3) is 8.93. The molecule has 0 aliphatic heterocycles. The Kier molecular flexibility index (Phi) is 112. The molecule has 4 heavy (non-hydrogen) atoms. The second-order valence-corrected chi connectivity index (χ2v) is 0. The largest absolute Gasteiger partial charge is 0 e. The first kappa shape index (κ1) is 27.3. The predicted molar refractivity (Wildman–Crippen MR) is 17.3 cm³/mol. The molecule has 0 aliphatic carbocycles. The quantitative estimate of drug-likeness (QED) is 0.411. The minimum atomic E-state index is 0. The zero-order chi connectivity index (χ0) is 0. The standard InChI is InChI=1S/Nb.3Sn. The molecule has 0 nitrogen and oxygen atoms in total. The summed E-state index contributed by atoms with van der Waals surface area (Å²) < 4.78 is 0. The third-order valence-corrected chi connectivity index (χ3v) is 0. The Labute approximate surface area is 92.2 Å². The first-order chi connectivity index (χ1) is 0. The molecule has 0 unspecified atom stereocenters. The van der Waals surface area contributed by atoms with Crippen LogP contribution in [-0.4, -0.2) is 71.7 Å². The van der Waals surface area contributed by atoms with Crippen LogP contribution in [0.2, 0.25) is 0 Å². The normalized spacial score (nSPS) is 0. The van der Waals surface area contributed by atoms with Crippen LogP contribution in [0.3, 0.4) is 0 Å². The molecule has 0 rings (SSSR count). The zero-order valence-corrected chi connectivity index (χ0v) is 12.7. The van der Waals surface area contributed by atoms with Crippen LogP contribution in [0.25, 0.3) is 0 Å². The average molecular weight is 449 g/mol. The van der Waals surface area contributed by atoms with Crippen LogP contribution in [0.1, 0.15) is 0 Å². The minimum Gasteiger partial charge on any atom is 0 e. The van der Waals surface area contributed by atoms with E-state index >= 15 is 0 Å². The van der Waals surface area contributed by atoms with Gasteiger partial charge in [0.1, 0.15) is 0 Å². The molecule has 0 heterocycles. The fourth-order valence-electron chi connectivity index (χ4n) is 0. The fourth-order valence-corrected chi connectivity index (χ4v) is 0. The SMILES string of the molecule is [Nb].[Sn].[Sn].[Sn]. The van der Waals surface area contributed by atoms with Crippen LogP contribution in [0.5, 0.6) is 0 Å². The van der Waals surface area contributed by atoms with Gasteiger partial charge in [-0.15, -0.1) is 0 Å². The molecule has 13 radical (unpaired) electrons. The van der Waals surface area contributed by atoms with E-state index in [-0.39, 0.29) is 94.1 Å². The summed E-state index contributed by atoms with van der Waals surface area (Å²) in [5.74, 6) is 0. The Balaban J connectivity index is 0. The van der Waals surface area contributed by atoms with Crippen molar-refractivity contribution >= 4 is 71.7 Å². The summed E-state index contributed by atoms with van der Waals surface area (Å²) in [7, 11) is 0. The molecule has 17 valence electrons. The molecule has 0 N–H and O–H groups in total. The van der Waals surface area contributed by atoms with Crippen LogP contribution in [0, 0.1) is 0 Å². The molecule has 0 aromatic carbocycles. The van der Waals surface area contributed by atoms with Gasteiger partial charge in [0.25, 0.3) is 0 Å². The molecule has 0 saturated heterocycles. The maximum Gasteiger partial charge on any atom is 0 e. The molecular weight excluding hydrogens is 449 g/mol. The van der Waals surface area contributed by atoms with Crippen molar-refractivity contribution in [3.63, 3.8) is 0 Å². The van der Waals surface area contributed by atoms with E-state index in [1.54, 1.807) is 0 Å². The molecule has 4 heteroatoms. The molecule has 0 atom stereocenters. The van der Waals surface area contributed by atoms with Gasteiger partial charge in [0, 0.05) is 94.1 Å². The zero-order valence-electron chi connectivity index (χ0n) is 1.95. The first-order valence-corrected chi connectivity index (χ1v) is 0. The molecule has 0 aromatic heterocycles.